The van der Waals surface area contributed by atoms with Crippen molar-refractivity contribution < 1.29 is 13.9 Å². The number of likely N-dealkylation sites (N-methyl/N-ethyl adjacent to an activating group) is 1. The standard InChI is InChI=1S/C19H26FN3O2/c1-21-18(24)17-10-25-19(13-23(17)8-14-6-7-14)11-22(12-19)9-15-4-2-3-5-16(15)20/h2-5,14,17H,6-13H2,1H3,(H,21,24)/t17-/m1/s1. The number of likely N-dealkylation sites (tertiary alicyclic amines) is 1. The molecule has 1 atom stereocenters. The Labute approximate surface area is 148 Å². The lowest BCUT2D eigenvalue weighted by molar-refractivity contribution is -0.203. The van der Waals surface area contributed by atoms with Gasteiger partial charge < -0.3 is 10.1 Å². The minimum absolute atomic E-state index is 0.0398. The lowest BCUT2D eigenvalue weighted by Gasteiger charge is -2.55. The third-order valence-electron chi connectivity index (χ3n) is 5.59. The first-order chi connectivity index (χ1) is 12.1. The maximum Gasteiger partial charge on any atom is 0.239 e. The first-order valence-electron chi connectivity index (χ1n) is 9.14. The average molecular weight is 347 g/mol. The Bertz CT molecular complexity index is 643. The van der Waals surface area contributed by atoms with Crippen LogP contribution in [0.3, 0.4) is 0 Å². The minimum Gasteiger partial charge on any atom is -0.369 e. The fourth-order valence-corrected chi connectivity index (χ4v) is 4.06. The number of nitrogens with one attached hydrogen (secondary N) is 1. The molecule has 25 heavy (non-hydrogen) atoms. The molecule has 5 nitrogen and oxygen atoms in total. The van der Waals surface area contributed by atoms with Gasteiger partial charge in [0.15, 0.2) is 0 Å². The van der Waals surface area contributed by atoms with Crippen LogP contribution < -0.4 is 5.32 Å². The maximum absolute atomic E-state index is 13.8. The van der Waals surface area contributed by atoms with Gasteiger partial charge in [-0.3, -0.25) is 14.6 Å². The van der Waals surface area contributed by atoms with E-state index in [-0.39, 0.29) is 23.4 Å². The van der Waals surface area contributed by atoms with Gasteiger partial charge in [0.05, 0.1) is 6.61 Å². The molecule has 2 heterocycles. The van der Waals surface area contributed by atoms with Crippen molar-refractivity contribution in [2.45, 2.75) is 31.0 Å². The predicted octanol–water partition coefficient (Wildman–Crippen LogP) is 1.24. The van der Waals surface area contributed by atoms with E-state index in [0.29, 0.717) is 13.2 Å². The van der Waals surface area contributed by atoms with Crippen LogP contribution in [0.15, 0.2) is 24.3 Å². The molecule has 2 saturated heterocycles. The summed E-state index contributed by atoms with van der Waals surface area (Å²) in [6, 6.07) is 6.75. The molecule has 1 aromatic rings. The van der Waals surface area contributed by atoms with Crippen molar-refractivity contribution in [3.63, 3.8) is 0 Å². The van der Waals surface area contributed by atoms with E-state index in [2.05, 4.69) is 15.1 Å². The predicted molar refractivity (Wildman–Crippen MR) is 92.5 cm³/mol. The van der Waals surface area contributed by atoms with Crippen LogP contribution in [0.2, 0.25) is 0 Å². The van der Waals surface area contributed by atoms with E-state index >= 15 is 0 Å². The van der Waals surface area contributed by atoms with Crippen LogP contribution in [0.1, 0.15) is 18.4 Å². The lowest BCUT2D eigenvalue weighted by Crippen LogP contribution is -2.72. The highest BCUT2D eigenvalue weighted by atomic mass is 19.1. The number of hydrogen-bond acceptors (Lipinski definition) is 4. The molecule has 136 valence electrons. The third kappa shape index (κ3) is 3.57. The molecule has 3 fully saturated rings. The van der Waals surface area contributed by atoms with Gasteiger partial charge in [-0.05, 0) is 24.8 Å². The van der Waals surface area contributed by atoms with Gasteiger partial charge in [0.2, 0.25) is 5.91 Å². The second-order valence-corrected chi connectivity index (χ2v) is 7.73. The van der Waals surface area contributed by atoms with Crippen LogP contribution in [0.4, 0.5) is 4.39 Å². The molecule has 0 bridgehead atoms. The smallest absolute Gasteiger partial charge is 0.239 e. The third-order valence-corrected chi connectivity index (χ3v) is 5.59. The number of nitrogens with zero attached hydrogens (tertiary/aromatic N) is 2. The van der Waals surface area contributed by atoms with Crippen molar-refractivity contribution in [1.29, 1.82) is 0 Å². The molecule has 1 aliphatic carbocycles. The Morgan fingerprint density at radius 1 is 1.32 bits per heavy atom. The summed E-state index contributed by atoms with van der Waals surface area (Å²) < 4.78 is 20.0. The number of ether oxygens (including phenoxy) is 1. The van der Waals surface area contributed by atoms with Crippen LogP contribution in [-0.2, 0) is 16.1 Å². The average Bonchev–Trinajstić information content (AvgIpc) is 3.39. The van der Waals surface area contributed by atoms with Crippen molar-refractivity contribution in [3.05, 3.63) is 35.6 Å². The van der Waals surface area contributed by atoms with E-state index in [0.717, 1.165) is 37.7 Å². The Morgan fingerprint density at radius 3 is 2.76 bits per heavy atom. The largest absolute Gasteiger partial charge is 0.369 e. The van der Waals surface area contributed by atoms with E-state index in [1.807, 2.05) is 12.1 Å². The molecule has 3 aliphatic rings. The summed E-state index contributed by atoms with van der Waals surface area (Å²) in [5, 5.41) is 2.76. The van der Waals surface area contributed by atoms with Crippen LogP contribution in [0.5, 0.6) is 0 Å². The van der Waals surface area contributed by atoms with E-state index in [1.165, 1.54) is 18.9 Å². The number of carbonyl (C=O) groups is 1. The molecule has 4 rings (SSSR count). The van der Waals surface area contributed by atoms with Gasteiger partial charge in [0.25, 0.3) is 0 Å². The monoisotopic (exact) mass is 347 g/mol. The fourth-order valence-electron chi connectivity index (χ4n) is 4.06. The second kappa shape index (κ2) is 6.67. The van der Waals surface area contributed by atoms with Crippen LogP contribution in [0, 0.1) is 11.7 Å². The second-order valence-electron chi connectivity index (χ2n) is 7.73. The van der Waals surface area contributed by atoms with Gasteiger partial charge >= 0.3 is 0 Å². The van der Waals surface area contributed by atoms with E-state index in [9.17, 15) is 9.18 Å². The summed E-state index contributed by atoms with van der Waals surface area (Å²) in [7, 11) is 1.68. The SMILES string of the molecule is CNC(=O)[C@H]1COC2(CN(Cc3ccccc3F)C2)CN1CC1CC1. The van der Waals surface area contributed by atoms with Crippen molar-refractivity contribution in [2.24, 2.45) is 5.92 Å². The summed E-state index contributed by atoms with van der Waals surface area (Å²) in [4.78, 5) is 16.7. The van der Waals surface area contributed by atoms with Crippen molar-refractivity contribution >= 4 is 5.91 Å². The molecule has 6 heteroatoms. The molecule has 1 amide bonds. The molecule has 1 aromatic carbocycles. The van der Waals surface area contributed by atoms with Gasteiger partial charge in [0, 0.05) is 45.3 Å². The zero-order valence-corrected chi connectivity index (χ0v) is 14.7. The molecule has 0 radical (unpaired) electrons. The van der Waals surface area contributed by atoms with Crippen LogP contribution in [-0.4, -0.2) is 67.2 Å². The summed E-state index contributed by atoms with van der Waals surface area (Å²) in [5.41, 5.74) is 0.524. The number of morpholine rings is 1. The highest BCUT2D eigenvalue weighted by Gasteiger charge is 2.51. The highest BCUT2D eigenvalue weighted by molar-refractivity contribution is 5.81. The number of benzene rings is 1. The maximum atomic E-state index is 13.8. The van der Waals surface area contributed by atoms with Crippen molar-refractivity contribution in [2.75, 3.05) is 39.8 Å². The summed E-state index contributed by atoms with van der Waals surface area (Å²) >= 11 is 0. The summed E-state index contributed by atoms with van der Waals surface area (Å²) in [6.07, 6.45) is 2.54. The van der Waals surface area contributed by atoms with Gasteiger partial charge in [-0.2, -0.15) is 0 Å². The van der Waals surface area contributed by atoms with Crippen molar-refractivity contribution in [3.8, 4) is 0 Å². The van der Waals surface area contributed by atoms with E-state index < -0.39 is 0 Å². The van der Waals surface area contributed by atoms with Gasteiger partial charge in [0.1, 0.15) is 17.5 Å². The molecule has 1 N–H and O–H groups in total. The Kier molecular flexibility index (Phi) is 4.52. The van der Waals surface area contributed by atoms with Gasteiger partial charge in [-0.25, -0.2) is 4.39 Å². The van der Waals surface area contributed by atoms with Crippen LogP contribution >= 0.6 is 0 Å². The van der Waals surface area contributed by atoms with Crippen molar-refractivity contribution in [1.82, 2.24) is 15.1 Å². The Balaban J connectivity index is 1.37. The van der Waals surface area contributed by atoms with Gasteiger partial charge in [-0.15, -0.1) is 0 Å². The first-order valence-corrected chi connectivity index (χ1v) is 9.14. The van der Waals surface area contributed by atoms with E-state index in [1.54, 1.807) is 13.1 Å². The minimum atomic E-state index is -0.204. The lowest BCUT2D eigenvalue weighted by atomic mass is 9.89. The van der Waals surface area contributed by atoms with E-state index in [4.69, 9.17) is 4.74 Å². The topological polar surface area (TPSA) is 44.8 Å². The Morgan fingerprint density at radius 2 is 2.08 bits per heavy atom. The molecule has 2 aliphatic heterocycles. The molecule has 1 spiro atoms. The number of amides is 1. The number of hydrogen-bond donors (Lipinski definition) is 1. The molecule has 1 saturated carbocycles. The summed E-state index contributed by atoms with van der Waals surface area (Å²) in [6.45, 7) is 4.41. The molecule has 0 unspecified atom stereocenters. The number of rotatable bonds is 5. The quantitative estimate of drug-likeness (QED) is 0.870. The zero-order chi connectivity index (χ0) is 17.4. The Hall–Kier alpha value is -1.50. The molecule has 0 aromatic heterocycles. The van der Waals surface area contributed by atoms with Gasteiger partial charge in [-0.1, -0.05) is 18.2 Å². The zero-order valence-electron chi connectivity index (χ0n) is 14.7. The highest BCUT2D eigenvalue weighted by Crippen LogP contribution is 2.36. The number of carbonyl (C=O) groups excluding carboxylic acids is 1. The fraction of sp³-hybridized carbons (Fsp3) is 0.632. The summed E-state index contributed by atoms with van der Waals surface area (Å²) in [5.74, 6) is 0.623. The number of halogens is 1. The molecular weight excluding hydrogens is 321 g/mol. The first kappa shape index (κ1) is 16.9. The molecular formula is C19H26FN3O2. The normalized spacial score (nSPS) is 26.4. The van der Waals surface area contributed by atoms with Crippen LogP contribution in [0.25, 0.3) is 0 Å².